The van der Waals surface area contributed by atoms with Gasteiger partial charge in [-0.3, -0.25) is 9.59 Å². The molecule has 0 aliphatic rings. The summed E-state index contributed by atoms with van der Waals surface area (Å²) in [5, 5.41) is 3.28. The summed E-state index contributed by atoms with van der Waals surface area (Å²) in [6.45, 7) is 6.32. The summed E-state index contributed by atoms with van der Waals surface area (Å²) >= 11 is 6.31. The van der Waals surface area contributed by atoms with Gasteiger partial charge < -0.3 is 19.7 Å². The second-order valence-corrected chi connectivity index (χ2v) is 7.63. The van der Waals surface area contributed by atoms with Gasteiger partial charge in [0, 0.05) is 18.8 Å². The van der Waals surface area contributed by atoms with Gasteiger partial charge in [-0.1, -0.05) is 36.7 Å². The molecular weight excluding hydrogens is 416 g/mol. The zero-order valence-corrected chi connectivity index (χ0v) is 19.4. The monoisotopic (exact) mass is 444 g/mol. The number of hydrogen-bond donors (Lipinski definition) is 1. The van der Waals surface area contributed by atoms with Crippen LogP contribution in [0, 0.1) is 13.8 Å². The van der Waals surface area contributed by atoms with Crippen molar-refractivity contribution < 1.29 is 19.1 Å². The van der Waals surface area contributed by atoms with E-state index in [-0.39, 0.29) is 18.4 Å². The van der Waals surface area contributed by atoms with Crippen LogP contribution < -0.4 is 14.8 Å². The molecule has 7 heteroatoms. The van der Waals surface area contributed by atoms with Gasteiger partial charge in [-0.25, -0.2) is 0 Å². The van der Waals surface area contributed by atoms with Crippen molar-refractivity contribution >= 4 is 35.2 Å². The van der Waals surface area contributed by atoms with Crippen LogP contribution in [0.4, 0.5) is 5.69 Å². The Morgan fingerprint density at radius 3 is 2.48 bits per heavy atom. The molecule has 0 unspecified atom stereocenters. The molecule has 2 aromatic carbocycles. The molecule has 2 rings (SSSR count). The van der Waals surface area contributed by atoms with Crippen molar-refractivity contribution in [1.82, 2.24) is 4.90 Å². The number of carbonyl (C=O) groups is 2. The van der Waals surface area contributed by atoms with E-state index in [1.807, 2.05) is 39.0 Å². The highest BCUT2D eigenvalue weighted by Crippen LogP contribution is 2.36. The highest BCUT2D eigenvalue weighted by atomic mass is 35.5. The molecule has 2 amide bonds. The molecule has 0 radical (unpaired) electrons. The summed E-state index contributed by atoms with van der Waals surface area (Å²) in [6, 6.07) is 9.24. The molecule has 0 heterocycles. The van der Waals surface area contributed by atoms with E-state index in [0.717, 1.165) is 23.2 Å². The SMILES string of the molecule is CCCOc1c(Cl)cc(/C=C/C(=O)N(C)CC(=O)Nc2c(C)cccc2C)cc1OC. The number of benzene rings is 2. The zero-order valence-electron chi connectivity index (χ0n) is 18.6. The molecule has 0 aromatic heterocycles. The first-order valence-corrected chi connectivity index (χ1v) is 10.4. The number of anilines is 1. The van der Waals surface area contributed by atoms with Crippen LogP contribution in [0.5, 0.6) is 11.5 Å². The van der Waals surface area contributed by atoms with E-state index in [4.69, 9.17) is 21.1 Å². The molecule has 166 valence electrons. The van der Waals surface area contributed by atoms with E-state index in [2.05, 4.69) is 5.32 Å². The summed E-state index contributed by atoms with van der Waals surface area (Å²) in [7, 11) is 3.11. The second-order valence-electron chi connectivity index (χ2n) is 7.23. The Morgan fingerprint density at radius 2 is 1.87 bits per heavy atom. The highest BCUT2D eigenvalue weighted by Gasteiger charge is 2.14. The van der Waals surface area contributed by atoms with E-state index >= 15 is 0 Å². The minimum atomic E-state index is -0.307. The number of aryl methyl sites for hydroxylation is 2. The van der Waals surface area contributed by atoms with Gasteiger partial charge in [0.25, 0.3) is 0 Å². The van der Waals surface area contributed by atoms with Crippen LogP contribution in [-0.4, -0.2) is 44.0 Å². The van der Waals surface area contributed by atoms with E-state index in [1.165, 1.54) is 18.1 Å². The molecule has 6 nitrogen and oxygen atoms in total. The normalized spacial score (nSPS) is 10.8. The molecule has 0 aliphatic heterocycles. The minimum absolute atomic E-state index is 0.0647. The number of halogens is 1. The van der Waals surface area contributed by atoms with Gasteiger partial charge >= 0.3 is 0 Å². The average molecular weight is 445 g/mol. The lowest BCUT2D eigenvalue weighted by Crippen LogP contribution is -2.34. The Balaban J connectivity index is 2.03. The molecule has 0 fully saturated rings. The number of likely N-dealkylation sites (N-methyl/N-ethyl adjacent to an activating group) is 1. The van der Waals surface area contributed by atoms with Gasteiger partial charge in [0.05, 0.1) is 25.3 Å². The van der Waals surface area contributed by atoms with Gasteiger partial charge in [-0.15, -0.1) is 0 Å². The fraction of sp³-hybridized carbons (Fsp3) is 0.333. The van der Waals surface area contributed by atoms with E-state index in [9.17, 15) is 9.59 Å². The molecule has 0 saturated heterocycles. The number of ether oxygens (including phenoxy) is 2. The van der Waals surface area contributed by atoms with E-state index < -0.39 is 0 Å². The molecule has 0 atom stereocenters. The number of amides is 2. The van der Waals surface area contributed by atoms with Crippen LogP contribution in [0.1, 0.15) is 30.0 Å². The third-order valence-corrected chi connectivity index (χ3v) is 4.90. The number of hydrogen-bond acceptors (Lipinski definition) is 4. The van der Waals surface area contributed by atoms with Gasteiger partial charge in [0.15, 0.2) is 11.5 Å². The first-order valence-electron chi connectivity index (χ1n) is 10.1. The first-order chi connectivity index (χ1) is 14.8. The van der Waals surface area contributed by atoms with Crippen molar-refractivity contribution in [2.45, 2.75) is 27.2 Å². The number of para-hydroxylation sites is 1. The van der Waals surface area contributed by atoms with Gasteiger partial charge in [0.1, 0.15) is 0 Å². The lowest BCUT2D eigenvalue weighted by atomic mass is 10.1. The third kappa shape index (κ3) is 6.76. The van der Waals surface area contributed by atoms with Gasteiger partial charge in [0.2, 0.25) is 11.8 Å². The fourth-order valence-electron chi connectivity index (χ4n) is 2.96. The predicted molar refractivity (Wildman–Crippen MR) is 125 cm³/mol. The smallest absolute Gasteiger partial charge is 0.246 e. The minimum Gasteiger partial charge on any atom is -0.493 e. The van der Waals surface area contributed by atoms with E-state index in [1.54, 1.807) is 25.3 Å². The van der Waals surface area contributed by atoms with Crippen molar-refractivity contribution in [3.8, 4) is 11.5 Å². The topological polar surface area (TPSA) is 67.9 Å². The summed E-state index contributed by atoms with van der Waals surface area (Å²) in [6.07, 6.45) is 3.86. The van der Waals surface area contributed by atoms with Crippen LogP contribution in [0.3, 0.4) is 0 Å². The lowest BCUT2D eigenvalue weighted by molar-refractivity contribution is -0.129. The summed E-state index contributed by atoms with van der Waals surface area (Å²) in [5.74, 6) is 0.408. The van der Waals surface area contributed by atoms with Crippen LogP contribution in [-0.2, 0) is 9.59 Å². The maximum absolute atomic E-state index is 12.5. The standard InChI is InChI=1S/C24H29ClN2O4/c1-6-12-31-24-19(25)13-18(14-20(24)30-5)10-11-22(29)27(4)15-21(28)26-23-16(2)8-7-9-17(23)3/h7-11,13-14H,6,12,15H2,1-5H3,(H,26,28)/b11-10+. The van der Waals surface area contributed by atoms with Crippen LogP contribution in [0.15, 0.2) is 36.4 Å². The molecule has 31 heavy (non-hydrogen) atoms. The summed E-state index contributed by atoms with van der Waals surface area (Å²) in [5.41, 5.74) is 3.40. The molecule has 0 bridgehead atoms. The highest BCUT2D eigenvalue weighted by molar-refractivity contribution is 6.32. The van der Waals surface area contributed by atoms with Crippen molar-refractivity contribution in [3.63, 3.8) is 0 Å². The summed E-state index contributed by atoms with van der Waals surface area (Å²) in [4.78, 5) is 26.2. The van der Waals surface area contributed by atoms with Crippen LogP contribution in [0.2, 0.25) is 5.02 Å². The van der Waals surface area contributed by atoms with E-state index in [0.29, 0.717) is 28.7 Å². The predicted octanol–water partition coefficient (Wildman–Crippen LogP) is 4.86. The Bertz CT molecular complexity index is 952. The lowest BCUT2D eigenvalue weighted by Gasteiger charge is -2.17. The molecular formula is C24H29ClN2O4. The zero-order chi connectivity index (χ0) is 23.0. The van der Waals surface area contributed by atoms with Crippen molar-refractivity contribution in [3.05, 3.63) is 58.1 Å². The van der Waals surface area contributed by atoms with Crippen molar-refractivity contribution in [1.29, 1.82) is 0 Å². The van der Waals surface area contributed by atoms with Gasteiger partial charge in [-0.05, 0) is 55.2 Å². The number of nitrogens with one attached hydrogen (secondary N) is 1. The Morgan fingerprint density at radius 1 is 1.19 bits per heavy atom. The summed E-state index contributed by atoms with van der Waals surface area (Å²) < 4.78 is 11.0. The first kappa shape index (κ1) is 24.3. The molecule has 0 spiro atoms. The Kier molecular flexibility index (Phi) is 8.94. The Hall–Kier alpha value is -2.99. The molecule has 0 aliphatic carbocycles. The fourth-order valence-corrected chi connectivity index (χ4v) is 3.23. The molecule has 1 N–H and O–H groups in total. The number of methoxy groups -OCH3 is 1. The maximum Gasteiger partial charge on any atom is 0.246 e. The quantitative estimate of drug-likeness (QED) is 0.560. The number of rotatable bonds is 9. The molecule has 0 saturated carbocycles. The van der Waals surface area contributed by atoms with Crippen molar-refractivity contribution in [2.75, 3.05) is 32.6 Å². The Labute approximate surface area is 188 Å². The second kappa shape index (κ2) is 11.4. The third-order valence-electron chi connectivity index (χ3n) is 4.62. The largest absolute Gasteiger partial charge is 0.493 e. The average Bonchev–Trinajstić information content (AvgIpc) is 2.73. The van der Waals surface area contributed by atoms with Crippen LogP contribution in [0.25, 0.3) is 6.08 Å². The maximum atomic E-state index is 12.5. The van der Waals surface area contributed by atoms with Crippen LogP contribution >= 0.6 is 11.6 Å². The molecule has 2 aromatic rings. The van der Waals surface area contributed by atoms with Crippen molar-refractivity contribution in [2.24, 2.45) is 0 Å². The number of carbonyl (C=O) groups excluding carboxylic acids is 2. The number of nitrogens with zero attached hydrogens (tertiary/aromatic N) is 1. The van der Waals surface area contributed by atoms with Gasteiger partial charge in [-0.2, -0.15) is 0 Å².